The molecule has 0 fully saturated rings. The Balaban J connectivity index is 1.65. The SMILES string of the molecule is O=C(O)CCCCCCc1ccsc1CCCc1ccccc1. The summed E-state index contributed by atoms with van der Waals surface area (Å²) in [6.45, 7) is 0. The summed E-state index contributed by atoms with van der Waals surface area (Å²) in [5.74, 6) is -0.677. The maximum atomic E-state index is 10.5. The lowest BCUT2D eigenvalue weighted by molar-refractivity contribution is -0.137. The van der Waals surface area contributed by atoms with E-state index >= 15 is 0 Å². The van der Waals surface area contributed by atoms with Gasteiger partial charge in [-0.1, -0.05) is 43.2 Å². The molecule has 0 aliphatic heterocycles. The van der Waals surface area contributed by atoms with Gasteiger partial charge >= 0.3 is 5.97 Å². The zero-order valence-corrected chi connectivity index (χ0v) is 14.5. The highest BCUT2D eigenvalue weighted by molar-refractivity contribution is 7.10. The van der Waals surface area contributed by atoms with Crippen LogP contribution in [0.2, 0.25) is 0 Å². The average Bonchev–Trinajstić information content (AvgIpc) is 2.99. The zero-order chi connectivity index (χ0) is 16.3. The highest BCUT2D eigenvalue weighted by Gasteiger charge is 2.05. The molecule has 1 aromatic heterocycles. The van der Waals surface area contributed by atoms with Crippen molar-refractivity contribution in [2.75, 3.05) is 0 Å². The average molecular weight is 330 g/mol. The number of carboxylic acids is 1. The number of thiophene rings is 1. The number of rotatable bonds is 11. The first-order valence-electron chi connectivity index (χ1n) is 8.56. The van der Waals surface area contributed by atoms with Gasteiger partial charge in [0.05, 0.1) is 0 Å². The Morgan fingerprint density at radius 1 is 0.870 bits per heavy atom. The minimum Gasteiger partial charge on any atom is -0.481 e. The van der Waals surface area contributed by atoms with Gasteiger partial charge in [0.2, 0.25) is 0 Å². The third-order valence-electron chi connectivity index (χ3n) is 4.14. The van der Waals surface area contributed by atoms with E-state index in [-0.39, 0.29) is 0 Å². The number of hydrogen-bond acceptors (Lipinski definition) is 2. The Morgan fingerprint density at radius 2 is 1.65 bits per heavy atom. The molecule has 0 unspecified atom stereocenters. The fraction of sp³-hybridized carbons (Fsp3) is 0.450. The molecule has 0 aliphatic carbocycles. The van der Waals surface area contributed by atoms with E-state index in [1.165, 1.54) is 35.3 Å². The molecule has 1 heterocycles. The molecule has 2 rings (SSSR count). The summed E-state index contributed by atoms with van der Waals surface area (Å²) in [6.07, 6.45) is 9.10. The molecule has 0 aliphatic rings. The Labute approximate surface area is 143 Å². The van der Waals surface area contributed by atoms with Gasteiger partial charge in [-0.05, 0) is 61.1 Å². The molecule has 0 saturated heterocycles. The quantitative estimate of drug-likeness (QED) is 0.552. The summed E-state index contributed by atoms with van der Waals surface area (Å²) in [7, 11) is 0. The molecule has 0 amide bonds. The van der Waals surface area contributed by atoms with Crippen molar-refractivity contribution in [3.05, 3.63) is 57.8 Å². The van der Waals surface area contributed by atoms with Gasteiger partial charge in [0.1, 0.15) is 0 Å². The van der Waals surface area contributed by atoms with Gasteiger partial charge in [-0.2, -0.15) is 0 Å². The van der Waals surface area contributed by atoms with Crippen molar-refractivity contribution in [2.45, 2.75) is 57.8 Å². The zero-order valence-electron chi connectivity index (χ0n) is 13.7. The molecular formula is C20H26O2S. The third-order valence-corrected chi connectivity index (χ3v) is 5.16. The molecule has 2 nitrogen and oxygen atoms in total. The fourth-order valence-corrected chi connectivity index (χ4v) is 3.83. The summed E-state index contributed by atoms with van der Waals surface area (Å²) >= 11 is 1.88. The topological polar surface area (TPSA) is 37.3 Å². The third kappa shape index (κ3) is 7.00. The lowest BCUT2D eigenvalue weighted by atomic mass is 10.0. The van der Waals surface area contributed by atoms with Crippen LogP contribution in [-0.4, -0.2) is 11.1 Å². The van der Waals surface area contributed by atoms with E-state index in [1.807, 2.05) is 11.3 Å². The lowest BCUT2D eigenvalue weighted by Crippen LogP contribution is -1.95. The molecule has 0 atom stereocenters. The number of aliphatic carboxylic acids is 1. The number of carboxylic acid groups (broad SMARTS) is 1. The number of carbonyl (C=O) groups is 1. The van der Waals surface area contributed by atoms with Gasteiger partial charge in [0.25, 0.3) is 0 Å². The molecule has 1 N–H and O–H groups in total. The van der Waals surface area contributed by atoms with Gasteiger partial charge < -0.3 is 5.11 Å². The van der Waals surface area contributed by atoms with E-state index in [0.717, 1.165) is 32.1 Å². The summed E-state index contributed by atoms with van der Waals surface area (Å²) in [4.78, 5) is 12.0. The Morgan fingerprint density at radius 3 is 2.43 bits per heavy atom. The molecule has 0 radical (unpaired) electrons. The first-order valence-corrected chi connectivity index (χ1v) is 9.44. The van der Waals surface area contributed by atoms with Crippen LogP contribution in [0.4, 0.5) is 0 Å². The maximum absolute atomic E-state index is 10.5. The van der Waals surface area contributed by atoms with Crippen molar-refractivity contribution >= 4 is 17.3 Å². The van der Waals surface area contributed by atoms with E-state index in [4.69, 9.17) is 5.11 Å². The number of hydrogen-bond donors (Lipinski definition) is 1. The van der Waals surface area contributed by atoms with Crippen molar-refractivity contribution in [1.82, 2.24) is 0 Å². The summed E-state index contributed by atoms with van der Waals surface area (Å²) in [5.41, 5.74) is 2.92. The monoisotopic (exact) mass is 330 g/mol. The maximum Gasteiger partial charge on any atom is 0.303 e. The van der Waals surface area contributed by atoms with Gasteiger partial charge in [-0.15, -0.1) is 11.3 Å². The van der Waals surface area contributed by atoms with E-state index < -0.39 is 5.97 Å². The largest absolute Gasteiger partial charge is 0.481 e. The van der Waals surface area contributed by atoms with Crippen LogP contribution in [-0.2, 0) is 24.1 Å². The smallest absolute Gasteiger partial charge is 0.303 e. The second kappa shape index (κ2) is 10.2. The summed E-state index contributed by atoms with van der Waals surface area (Å²) in [6, 6.07) is 12.9. The van der Waals surface area contributed by atoms with Gasteiger partial charge in [-0.3, -0.25) is 4.79 Å². The van der Waals surface area contributed by atoms with E-state index in [9.17, 15) is 4.79 Å². The normalized spacial score (nSPS) is 10.8. The van der Waals surface area contributed by atoms with Crippen molar-refractivity contribution < 1.29 is 9.90 Å². The standard InChI is InChI=1S/C20H26O2S/c21-20(22)14-7-2-1-6-12-18-15-16-23-19(18)13-8-11-17-9-4-3-5-10-17/h3-5,9-10,15-16H,1-2,6-8,11-14H2,(H,21,22). The molecule has 23 heavy (non-hydrogen) atoms. The Bertz CT molecular complexity index is 574. The van der Waals surface area contributed by atoms with Crippen LogP contribution < -0.4 is 0 Å². The van der Waals surface area contributed by atoms with E-state index in [2.05, 4.69) is 41.8 Å². The molecule has 3 heteroatoms. The predicted molar refractivity (Wildman–Crippen MR) is 97.2 cm³/mol. The molecule has 124 valence electrons. The van der Waals surface area contributed by atoms with Crippen molar-refractivity contribution in [3.63, 3.8) is 0 Å². The van der Waals surface area contributed by atoms with Crippen molar-refractivity contribution in [1.29, 1.82) is 0 Å². The first kappa shape index (κ1) is 17.7. The highest BCUT2D eigenvalue weighted by atomic mass is 32.1. The molecule has 0 saturated carbocycles. The van der Waals surface area contributed by atoms with Crippen LogP contribution in [0.1, 0.15) is 54.5 Å². The van der Waals surface area contributed by atoms with Gasteiger partial charge in [0.15, 0.2) is 0 Å². The van der Waals surface area contributed by atoms with Gasteiger partial charge in [-0.25, -0.2) is 0 Å². The Kier molecular flexibility index (Phi) is 7.88. The molecular weight excluding hydrogens is 304 g/mol. The minimum absolute atomic E-state index is 0.309. The molecule has 2 aromatic rings. The molecule has 0 spiro atoms. The number of aryl methyl sites for hydroxylation is 3. The van der Waals surface area contributed by atoms with Crippen LogP contribution in [0.25, 0.3) is 0 Å². The van der Waals surface area contributed by atoms with E-state index in [1.54, 1.807) is 0 Å². The van der Waals surface area contributed by atoms with Crippen molar-refractivity contribution in [3.8, 4) is 0 Å². The second-order valence-corrected chi connectivity index (χ2v) is 7.02. The van der Waals surface area contributed by atoms with E-state index in [0.29, 0.717) is 6.42 Å². The van der Waals surface area contributed by atoms with Crippen LogP contribution in [0.3, 0.4) is 0 Å². The van der Waals surface area contributed by atoms with Gasteiger partial charge in [0, 0.05) is 11.3 Å². The van der Waals surface area contributed by atoms with Crippen LogP contribution >= 0.6 is 11.3 Å². The minimum atomic E-state index is -0.677. The first-order chi connectivity index (χ1) is 11.3. The van der Waals surface area contributed by atoms with Crippen LogP contribution in [0.5, 0.6) is 0 Å². The van der Waals surface area contributed by atoms with Crippen LogP contribution in [0.15, 0.2) is 41.8 Å². The number of unbranched alkanes of at least 4 members (excludes halogenated alkanes) is 3. The summed E-state index contributed by atoms with van der Waals surface area (Å²) < 4.78 is 0. The molecule has 1 aromatic carbocycles. The number of benzene rings is 1. The second-order valence-electron chi connectivity index (χ2n) is 6.02. The molecule has 0 bridgehead atoms. The predicted octanol–water partition coefficient (Wildman–Crippen LogP) is 5.50. The Hall–Kier alpha value is -1.61. The van der Waals surface area contributed by atoms with Crippen molar-refractivity contribution in [2.24, 2.45) is 0 Å². The fourth-order valence-electron chi connectivity index (χ4n) is 2.85. The van der Waals surface area contributed by atoms with Crippen LogP contribution in [0, 0.1) is 0 Å². The lowest BCUT2D eigenvalue weighted by Gasteiger charge is -2.05. The summed E-state index contributed by atoms with van der Waals surface area (Å²) in [5, 5.41) is 10.8. The highest BCUT2D eigenvalue weighted by Crippen LogP contribution is 2.22.